The highest BCUT2D eigenvalue weighted by atomic mass is 19.3. The SMILES string of the molecule is Cc1nonc1NC(=O)[C@@H]1C[C@H]1c1ccc(OC(F)F)cc1. The molecule has 1 saturated carbocycles. The summed E-state index contributed by atoms with van der Waals surface area (Å²) in [6.45, 7) is -1.16. The topological polar surface area (TPSA) is 77.3 Å². The summed E-state index contributed by atoms with van der Waals surface area (Å²) in [4.78, 5) is 12.1. The number of carbonyl (C=O) groups excluding carboxylic acids is 1. The van der Waals surface area contributed by atoms with Gasteiger partial charge in [-0.15, -0.1) is 0 Å². The average Bonchev–Trinajstić information content (AvgIpc) is 3.18. The van der Waals surface area contributed by atoms with Crippen LogP contribution in [0, 0.1) is 12.8 Å². The van der Waals surface area contributed by atoms with Gasteiger partial charge in [0.25, 0.3) is 0 Å². The third-order valence-corrected chi connectivity index (χ3v) is 3.55. The van der Waals surface area contributed by atoms with Crippen molar-refractivity contribution in [1.29, 1.82) is 0 Å². The van der Waals surface area contributed by atoms with Gasteiger partial charge in [-0.3, -0.25) is 4.79 Å². The molecule has 2 aromatic rings. The first-order valence-electron chi connectivity index (χ1n) is 6.69. The highest BCUT2D eigenvalue weighted by molar-refractivity contribution is 5.94. The Labute approximate surface area is 124 Å². The Hall–Kier alpha value is -2.51. The average molecular weight is 309 g/mol. The molecular weight excluding hydrogens is 296 g/mol. The molecule has 1 aliphatic rings. The fraction of sp³-hybridized carbons (Fsp3) is 0.357. The van der Waals surface area contributed by atoms with Crippen LogP contribution in [0.3, 0.4) is 0 Å². The molecule has 1 aliphatic carbocycles. The van der Waals surface area contributed by atoms with Crippen LogP contribution in [-0.2, 0) is 4.79 Å². The molecule has 1 aromatic carbocycles. The Balaban J connectivity index is 1.59. The molecule has 1 heterocycles. The predicted octanol–water partition coefficient (Wildman–Crippen LogP) is 2.72. The lowest BCUT2D eigenvalue weighted by atomic mass is 10.1. The first-order valence-corrected chi connectivity index (χ1v) is 6.69. The summed E-state index contributed by atoms with van der Waals surface area (Å²) >= 11 is 0. The van der Waals surface area contributed by atoms with Crippen LogP contribution in [0.25, 0.3) is 0 Å². The third-order valence-electron chi connectivity index (χ3n) is 3.55. The number of ether oxygens (including phenoxy) is 1. The van der Waals surface area contributed by atoms with Gasteiger partial charge in [0.2, 0.25) is 5.91 Å². The molecule has 0 saturated heterocycles. The zero-order chi connectivity index (χ0) is 15.7. The minimum atomic E-state index is -2.84. The first-order chi connectivity index (χ1) is 10.5. The Morgan fingerprint density at radius 3 is 2.68 bits per heavy atom. The smallest absolute Gasteiger partial charge is 0.387 e. The standard InChI is InChI=1S/C14H13F2N3O3/c1-7-12(19-22-18-7)17-13(20)11-6-10(11)8-2-4-9(5-3-8)21-14(15)16/h2-5,10-11,14H,6H2,1H3,(H,17,19,20)/t10-,11+/m0/s1. The zero-order valence-electron chi connectivity index (χ0n) is 11.6. The minimum Gasteiger partial charge on any atom is -0.435 e. The van der Waals surface area contributed by atoms with Crippen molar-refractivity contribution in [2.45, 2.75) is 25.9 Å². The molecule has 6 nitrogen and oxygen atoms in total. The molecule has 0 radical (unpaired) electrons. The Morgan fingerprint density at radius 1 is 1.36 bits per heavy atom. The quantitative estimate of drug-likeness (QED) is 0.919. The predicted molar refractivity (Wildman–Crippen MR) is 71.6 cm³/mol. The van der Waals surface area contributed by atoms with Gasteiger partial charge in [-0.2, -0.15) is 8.78 Å². The Morgan fingerprint density at radius 2 is 2.09 bits per heavy atom. The van der Waals surface area contributed by atoms with Gasteiger partial charge in [-0.1, -0.05) is 17.3 Å². The van der Waals surface area contributed by atoms with Gasteiger partial charge in [-0.25, -0.2) is 4.63 Å². The molecule has 22 heavy (non-hydrogen) atoms. The van der Waals surface area contributed by atoms with E-state index < -0.39 is 6.61 Å². The molecule has 8 heteroatoms. The van der Waals surface area contributed by atoms with Crippen LogP contribution in [0.1, 0.15) is 23.6 Å². The maximum Gasteiger partial charge on any atom is 0.387 e. The van der Waals surface area contributed by atoms with Crippen LogP contribution >= 0.6 is 0 Å². The van der Waals surface area contributed by atoms with Crippen LogP contribution in [-0.4, -0.2) is 22.8 Å². The second-order valence-corrected chi connectivity index (χ2v) is 5.08. The number of aryl methyl sites for hydroxylation is 1. The molecular formula is C14H13F2N3O3. The molecule has 0 spiro atoms. The number of halogens is 2. The number of nitrogens with zero attached hydrogens (tertiary/aromatic N) is 2. The van der Waals surface area contributed by atoms with Crippen molar-refractivity contribution >= 4 is 11.7 Å². The molecule has 1 aromatic heterocycles. The normalized spacial score (nSPS) is 20.0. The van der Waals surface area contributed by atoms with Crippen molar-refractivity contribution in [3.05, 3.63) is 35.5 Å². The number of anilines is 1. The molecule has 1 N–H and O–H groups in total. The largest absolute Gasteiger partial charge is 0.435 e. The van der Waals surface area contributed by atoms with Crippen LogP contribution < -0.4 is 10.1 Å². The number of rotatable bonds is 5. The van der Waals surface area contributed by atoms with Gasteiger partial charge >= 0.3 is 6.61 Å². The summed E-state index contributed by atoms with van der Waals surface area (Å²) < 4.78 is 33.0. The van der Waals surface area contributed by atoms with Gasteiger partial charge in [0.05, 0.1) is 0 Å². The second kappa shape index (κ2) is 5.70. The summed E-state index contributed by atoms with van der Waals surface area (Å²) in [7, 11) is 0. The molecule has 2 atom stereocenters. The molecule has 1 amide bonds. The van der Waals surface area contributed by atoms with Crippen molar-refractivity contribution in [3.8, 4) is 5.75 Å². The van der Waals surface area contributed by atoms with Gasteiger partial charge in [0.15, 0.2) is 5.82 Å². The summed E-state index contributed by atoms with van der Waals surface area (Å²) in [5, 5.41) is 9.84. The zero-order valence-corrected chi connectivity index (χ0v) is 11.6. The van der Waals surface area contributed by atoms with E-state index in [1.807, 2.05) is 0 Å². The van der Waals surface area contributed by atoms with E-state index in [2.05, 4.69) is 25.0 Å². The lowest BCUT2D eigenvalue weighted by Gasteiger charge is -2.05. The van der Waals surface area contributed by atoms with Crippen molar-refractivity contribution < 1.29 is 22.9 Å². The summed E-state index contributed by atoms with van der Waals surface area (Å²) in [6.07, 6.45) is 0.700. The highest BCUT2D eigenvalue weighted by Gasteiger charge is 2.44. The van der Waals surface area contributed by atoms with E-state index in [1.165, 1.54) is 12.1 Å². The van der Waals surface area contributed by atoms with Gasteiger partial charge in [0, 0.05) is 5.92 Å². The molecule has 116 valence electrons. The number of aromatic nitrogens is 2. The van der Waals surface area contributed by atoms with Crippen molar-refractivity contribution in [2.24, 2.45) is 5.92 Å². The fourth-order valence-electron chi connectivity index (χ4n) is 2.30. The monoisotopic (exact) mass is 309 g/mol. The number of amides is 1. The number of benzene rings is 1. The number of alkyl halides is 2. The maximum absolute atomic E-state index is 12.1. The van der Waals surface area contributed by atoms with E-state index in [4.69, 9.17) is 0 Å². The van der Waals surface area contributed by atoms with E-state index in [1.54, 1.807) is 19.1 Å². The summed E-state index contributed by atoms with van der Waals surface area (Å²) in [5.74, 6) is 0.163. The summed E-state index contributed by atoms with van der Waals surface area (Å²) in [6, 6.07) is 6.33. The lowest BCUT2D eigenvalue weighted by molar-refractivity contribution is -0.117. The van der Waals surface area contributed by atoms with Crippen LogP contribution in [0.4, 0.5) is 14.6 Å². The third kappa shape index (κ3) is 3.05. The van der Waals surface area contributed by atoms with Gasteiger partial charge in [0.1, 0.15) is 11.4 Å². The fourth-order valence-corrected chi connectivity index (χ4v) is 2.30. The maximum atomic E-state index is 12.1. The second-order valence-electron chi connectivity index (χ2n) is 5.08. The van der Waals surface area contributed by atoms with Crippen LogP contribution in [0.15, 0.2) is 28.9 Å². The number of nitrogens with one attached hydrogen (secondary N) is 1. The molecule has 0 bridgehead atoms. The van der Waals surface area contributed by atoms with E-state index in [0.29, 0.717) is 17.9 Å². The van der Waals surface area contributed by atoms with Crippen molar-refractivity contribution in [1.82, 2.24) is 10.3 Å². The molecule has 1 fully saturated rings. The minimum absolute atomic E-state index is 0.0702. The Kier molecular flexibility index (Phi) is 3.74. The van der Waals surface area contributed by atoms with Gasteiger partial charge in [-0.05, 0) is 42.1 Å². The van der Waals surface area contributed by atoms with E-state index in [-0.39, 0.29) is 23.5 Å². The number of carbonyl (C=O) groups is 1. The van der Waals surface area contributed by atoms with E-state index >= 15 is 0 Å². The molecule has 3 rings (SSSR count). The lowest BCUT2D eigenvalue weighted by Crippen LogP contribution is -2.15. The van der Waals surface area contributed by atoms with Crippen LogP contribution in [0.5, 0.6) is 5.75 Å². The summed E-state index contributed by atoms with van der Waals surface area (Å²) in [5.41, 5.74) is 1.43. The van der Waals surface area contributed by atoms with Crippen LogP contribution in [0.2, 0.25) is 0 Å². The van der Waals surface area contributed by atoms with Crippen molar-refractivity contribution in [3.63, 3.8) is 0 Å². The van der Waals surface area contributed by atoms with E-state index in [0.717, 1.165) is 5.56 Å². The van der Waals surface area contributed by atoms with E-state index in [9.17, 15) is 13.6 Å². The highest BCUT2D eigenvalue weighted by Crippen LogP contribution is 2.48. The molecule has 0 unspecified atom stereocenters. The number of hydrogen-bond acceptors (Lipinski definition) is 5. The number of hydrogen-bond donors (Lipinski definition) is 1. The van der Waals surface area contributed by atoms with Gasteiger partial charge < -0.3 is 10.1 Å². The van der Waals surface area contributed by atoms with Crippen molar-refractivity contribution in [2.75, 3.05) is 5.32 Å². The molecule has 0 aliphatic heterocycles. The first kappa shape index (κ1) is 14.4. The Bertz CT molecular complexity index is 672.